The molecule has 4 heteroatoms. The zero-order valence-electron chi connectivity index (χ0n) is 10.5. The molecule has 0 spiro atoms. The molecule has 0 aliphatic carbocycles. The number of hydrogen-bond donors (Lipinski definition) is 1. The van der Waals surface area contributed by atoms with Crippen LogP contribution in [0.5, 0.6) is 0 Å². The molecule has 0 fully saturated rings. The lowest BCUT2D eigenvalue weighted by atomic mass is 10.0. The van der Waals surface area contributed by atoms with E-state index >= 15 is 0 Å². The zero-order chi connectivity index (χ0) is 13.8. The van der Waals surface area contributed by atoms with Crippen molar-refractivity contribution in [3.8, 4) is 0 Å². The van der Waals surface area contributed by atoms with E-state index in [2.05, 4.69) is 12.2 Å². The van der Waals surface area contributed by atoms with E-state index in [0.29, 0.717) is 15.7 Å². The van der Waals surface area contributed by atoms with Gasteiger partial charge >= 0.3 is 0 Å². The second kappa shape index (κ2) is 6.27. The minimum absolute atomic E-state index is 0.0663. The van der Waals surface area contributed by atoms with Crippen LogP contribution < -0.4 is 5.32 Å². The minimum atomic E-state index is -0.351. The molecule has 1 N–H and O–H groups in total. The SMILES string of the molecule is CCC(Nc1cc(F)cc(Cl)c1)c1cccc(Cl)c1. The van der Waals surface area contributed by atoms with Crippen LogP contribution in [0.3, 0.4) is 0 Å². The Morgan fingerprint density at radius 1 is 1.11 bits per heavy atom. The molecule has 0 radical (unpaired) electrons. The van der Waals surface area contributed by atoms with Crippen LogP contribution in [0.4, 0.5) is 10.1 Å². The Hall–Kier alpha value is -1.25. The third-order valence-corrected chi connectivity index (χ3v) is 3.32. The highest BCUT2D eigenvalue weighted by Gasteiger charge is 2.10. The Kier molecular flexibility index (Phi) is 4.67. The third-order valence-electron chi connectivity index (χ3n) is 2.86. The van der Waals surface area contributed by atoms with E-state index in [1.54, 1.807) is 6.07 Å². The van der Waals surface area contributed by atoms with Crippen LogP contribution in [0, 0.1) is 5.82 Å². The van der Waals surface area contributed by atoms with Crippen LogP contribution in [0.25, 0.3) is 0 Å². The molecule has 0 bridgehead atoms. The van der Waals surface area contributed by atoms with Crippen molar-refractivity contribution in [3.63, 3.8) is 0 Å². The second-order valence-corrected chi connectivity index (χ2v) is 5.19. The molecular weight excluding hydrogens is 284 g/mol. The number of anilines is 1. The highest BCUT2D eigenvalue weighted by atomic mass is 35.5. The number of nitrogens with one attached hydrogen (secondary N) is 1. The predicted octanol–water partition coefficient (Wildman–Crippen LogP) is 5.70. The summed E-state index contributed by atoms with van der Waals surface area (Å²) >= 11 is 11.8. The topological polar surface area (TPSA) is 12.0 Å². The van der Waals surface area contributed by atoms with Gasteiger partial charge < -0.3 is 5.32 Å². The molecule has 2 aromatic rings. The molecule has 1 unspecified atom stereocenters. The number of halogens is 3. The van der Waals surface area contributed by atoms with Gasteiger partial charge in [0, 0.05) is 15.7 Å². The first-order valence-corrected chi connectivity index (χ1v) is 6.82. The summed E-state index contributed by atoms with van der Waals surface area (Å²) < 4.78 is 13.3. The Morgan fingerprint density at radius 2 is 1.89 bits per heavy atom. The summed E-state index contributed by atoms with van der Waals surface area (Å²) in [6.07, 6.45) is 0.856. The minimum Gasteiger partial charge on any atom is -0.378 e. The normalized spacial score (nSPS) is 12.2. The lowest BCUT2D eigenvalue weighted by molar-refractivity contribution is 0.627. The molecule has 0 aliphatic heterocycles. The fraction of sp³-hybridized carbons (Fsp3) is 0.200. The van der Waals surface area contributed by atoms with Crippen molar-refractivity contribution >= 4 is 28.9 Å². The van der Waals surface area contributed by atoms with Crippen molar-refractivity contribution in [3.05, 3.63) is 63.9 Å². The van der Waals surface area contributed by atoms with Crippen LogP contribution in [0.2, 0.25) is 10.0 Å². The fourth-order valence-electron chi connectivity index (χ4n) is 1.98. The molecule has 100 valence electrons. The van der Waals surface area contributed by atoms with Crippen molar-refractivity contribution < 1.29 is 4.39 Å². The van der Waals surface area contributed by atoms with Crippen LogP contribution in [0.1, 0.15) is 24.9 Å². The summed E-state index contributed by atoms with van der Waals surface area (Å²) in [4.78, 5) is 0. The van der Waals surface area contributed by atoms with Crippen LogP contribution in [0.15, 0.2) is 42.5 Å². The van der Waals surface area contributed by atoms with Crippen molar-refractivity contribution in [2.45, 2.75) is 19.4 Å². The third kappa shape index (κ3) is 3.85. The molecule has 0 aromatic heterocycles. The van der Waals surface area contributed by atoms with Gasteiger partial charge in [0.2, 0.25) is 0 Å². The molecular formula is C15H14Cl2FN. The average Bonchev–Trinajstić information content (AvgIpc) is 2.34. The molecule has 2 aromatic carbocycles. The standard InChI is InChI=1S/C15H14Cl2FN/c1-2-15(10-4-3-5-11(16)6-10)19-14-8-12(17)7-13(18)9-14/h3-9,15,19H,2H2,1H3. The monoisotopic (exact) mass is 297 g/mol. The van der Waals surface area contributed by atoms with Gasteiger partial charge in [0.15, 0.2) is 0 Å². The van der Waals surface area contributed by atoms with Gasteiger partial charge in [-0.3, -0.25) is 0 Å². The van der Waals surface area contributed by atoms with Crippen molar-refractivity contribution in [1.29, 1.82) is 0 Å². The molecule has 0 aliphatic rings. The average molecular weight is 298 g/mol. The van der Waals surface area contributed by atoms with Gasteiger partial charge in [-0.05, 0) is 42.3 Å². The van der Waals surface area contributed by atoms with Gasteiger partial charge in [-0.1, -0.05) is 42.3 Å². The van der Waals surface area contributed by atoms with Gasteiger partial charge in [0.05, 0.1) is 6.04 Å². The molecule has 1 atom stereocenters. The first-order valence-electron chi connectivity index (χ1n) is 6.06. The molecule has 0 saturated carbocycles. The predicted molar refractivity (Wildman–Crippen MR) is 79.5 cm³/mol. The van der Waals surface area contributed by atoms with E-state index in [0.717, 1.165) is 12.0 Å². The molecule has 2 rings (SSSR count). The highest BCUT2D eigenvalue weighted by Crippen LogP contribution is 2.26. The number of benzene rings is 2. The van der Waals surface area contributed by atoms with Crippen molar-refractivity contribution in [1.82, 2.24) is 0 Å². The molecule has 0 amide bonds. The van der Waals surface area contributed by atoms with Gasteiger partial charge in [-0.2, -0.15) is 0 Å². The van der Waals surface area contributed by atoms with Crippen LogP contribution >= 0.6 is 23.2 Å². The molecule has 19 heavy (non-hydrogen) atoms. The maximum absolute atomic E-state index is 13.3. The quantitative estimate of drug-likeness (QED) is 0.764. The number of rotatable bonds is 4. The van der Waals surface area contributed by atoms with Crippen molar-refractivity contribution in [2.24, 2.45) is 0 Å². The molecule has 0 saturated heterocycles. The summed E-state index contributed by atoms with van der Waals surface area (Å²) in [5.74, 6) is -0.351. The van der Waals surface area contributed by atoms with E-state index in [4.69, 9.17) is 23.2 Å². The van der Waals surface area contributed by atoms with E-state index in [1.165, 1.54) is 12.1 Å². The Morgan fingerprint density at radius 3 is 2.53 bits per heavy atom. The van der Waals surface area contributed by atoms with Crippen molar-refractivity contribution in [2.75, 3.05) is 5.32 Å². The van der Waals surface area contributed by atoms with Gasteiger partial charge in [-0.25, -0.2) is 4.39 Å². The zero-order valence-corrected chi connectivity index (χ0v) is 12.0. The van der Waals surface area contributed by atoms with Gasteiger partial charge in [0.1, 0.15) is 5.82 Å². The summed E-state index contributed by atoms with van der Waals surface area (Å²) in [6, 6.07) is 12.1. The van der Waals surface area contributed by atoms with E-state index < -0.39 is 0 Å². The fourth-order valence-corrected chi connectivity index (χ4v) is 2.40. The summed E-state index contributed by atoms with van der Waals surface area (Å²) in [6.45, 7) is 2.06. The summed E-state index contributed by atoms with van der Waals surface area (Å²) in [5.41, 5.74) is 1.73. The van der Waals surface area contributed by atoms with Crippen LogP contribution in [-0.4, -0.2) is 0 Å². The van der Waals surface area contributed by atoms with E-state index in [9.17, 15) is 4.39 Å². The maximum atomic E-state index is 13.3. The Balaban J connectivity index is 2.23. The second-order valence-electron chi connectivity index (χ2n) is 4.32. The Bertz CT molecular complexity index is 552. The van der Waals surface area contributed by atoms with Crippen LogP contribution in [-0.2, 0) is 0 Å². The Labute approximate surface area is 122 Å². The largest absolute Gasteiger partial charge is 0.378 e. The van der Waals surface area contributed by atoms with Gasteiger partial charge in [0.25, 0.3) is 0 Å². The first kappa shape index (κ1) is 14.2. The highest BCUT2D eigenvalue weighted by molar-refractivity contribution is 6.31. The smallest absolute Gasteiger partial charge is 0.126 e. The van der Waals surface area contributed by atoms with Gasteiger partial charge in [-0.15, -0.1) is 0 Å². The van der Waals surface area contributed by atoms with E-state index in [1.807, 2.05) is 24.3 Å². The lowest BCUT2D eigenvalue weighted by Crippen LogP contribution is -2.09. The van der Waals surface area contributed by atoms with E-state index in [-0.39, 0.29) is 11.9 Å². The first-order chi connectivity index (χ1) is 9.08. The number of hydrogen-bond acceptors (Lipinski definition) is 1. The maximum Gasteiger partial charge on any atom is 0.126 e. The molecule has 1 nitrogen and oxygen atoms in total. The molecule has 0 heterocycles. The lowest BCUT2D eigenvalue weighted by Gasteiger charge is -2.19. The summed E-state index contributed by atoms with van der Waals surface area (Å²) in [5, 5.41) is 4.34. The summed E-state index contributed by atoms with van der Waals surface area (Å²) in [7, 11) is 0.